The van der Waals surface area contributed by atoms with Gasteiger partial charge < -0.3 is 5.32 Å². The third-order valence-corrected chi connectivity index (χ3v) is 4.18. The number of pyridine rings is 1. The molecule has 1 N–H and O–H groups in total. The van der Waals surface area contributed by atoms with Crippen LogP contribution in [0.25, 0.3) is 5.82 Å². The van der Waals surface area contributed by atoms with Crippen LogP contribution in [0.15, 0.2) is 31.0 Å². The molecule has 1 aliphatic rings. The second-order valence-electron chi connectivity index (χ2n) is 5.84. The minimum absolute atomic E-state index is 0.0986. The molecule has 1 saturated carbocycles. The van der Waals surface area contributed by atoms with Gasteiger partial charge in [0, 0.05) is 5.92 Å². The molecule has 2 aromatic heterocycles. The highest BCUT2D eigenvalue weighted by Crippen LogP contribution is 2.40. The first-order chi connectivity index (χ1) is 11.4. The van der Waals surface area contributed by atoms with Crippen LogP contribution in [0.3, 0.4) is 0 Å². The smallest absolute Gasteiger partial charge is 0.324 e. The summed E-state index contributed by atoms with van der Waals surface area (Å²) in [5.74, 6) is -1.88. The standard InChI is InChI=1S/C15H16F3N5O/c16-15(17,18)11-3-1-2-10(6-11)14(24)22-12-4-5-13(20-7-12)23-9-19-8-21-23/h4-5,7-11H,1-3,6H2,(H,22,24)/t10-,11-/m1/s1. The summed E-state index contributed by atoms with van der Waals surface area (Å²) in [6.45, 7) is 0. The molecule has 1 fully saturated rings. The predicted octanol–water partition coefficient (Wildman–Crippen LogP) is 2.97. The number of carbonyl (C=O) groups excluding carboxylic acids is 1. The van der Waals surface area contributed by atoms with E-state index in [0.717, 1.165) is 0 Å². The molecule has 0 radical (unpaired) electrons. The lowest BCUT2D eigenvalue weighted by atomic mass is 9.80. The largest absolute Gasteiger partial charge is 0.391 e. The van der Waals surface area contributed by atoms with E-state index in [1.165, 1.54) is 23.5 Å². The van der Waals surface area contributed by atoms with Gasteiger partial charge in [0.25, 0.3) is 0 Å². The molecule has 0 saturated heterocycles. The number of alkyl halides is 3. The van der Waals surface area contributed by atoms with E-state index in [1.807, 2.05) is 0 Å². The second-order valence-corrected chi connectivity index (χ2v) is 5.84. The Balaban J connectivity index is 1.62. The SMILES string of the molecule is O=C(Nc1ccc(-n2cncn2)nc1)[C@@H]1CCC[C@@H](C(F)(F)F)C1. The average molecular weight is 339 g/mol. The molecule has 2 aromatic rings. The van der Waals surface area contributed by atoms with Crippen LogP contribution < -0.4 is 5.32 Å². The number of aromatic nitrogens is 4. The Bertz CT molecular complexity index is 684. The molecule has 1 amide bonds. The highest BCUT2D eigenvalue weighted by atomic mass is 19.4. The monoisotopic (exact) mass is 339 g/mol. The maximum atomic E-state index is 12.8. The Morgan fingerprint density at radius 2 is 2.12 bits per heavy atom. The van der Waals surface area contributed by atoms with Gasteiger partial charge in [-0.15, -0.1) is 0 Å². The molecule has 3 rings (SSSR count). The van der Waals surface area contributed by atoms with Crippen molar-refractivity contribution in [3.05, 3.63) is 31.0 Å². The molecule has 2 heterocycles. The fourth-order valence-electron chi connectivity index (χ4n) is 2.89. The Morgan fingerprint density at radius 1 is 1.29 bits per heavy atom. The predicted molar refractivity (Wildman–Crippen MR) is 79.3 cm³/mol. The normalized spacial score (nSPS) is 21.5. The summed E-state index contributed by atoms with van der Waals surface area (Å²) in [7, 11) is 0. The third-order valence-electron chi connectivity index (χ3n) is 4.18. The summed E-state index contributed by atoms with van der Waals surface area (Å²) in [6.07, 6.45) is 0.895. The van der Waals surface area contributed by atoms with Gasteiger partial charge in [0.1, 0.15) is 12.7 Å². The van der Waals surface area contributed by atoms with E-state index in [0.29, 0.717) is 24.3 Å². The molecule has 6 nitrogen and oxygen atoms in total. The summed E-state index contributed by atoms with van der Waals surface area (Å²) in [5, 5.41) is 6.57. The summed E-state index contributed by atoms with van der Waals surface area (Å²) in [5.41, 5.74) is 0.443. The van der Waals surface area contributed by atoms with E-state index in [9.17, 15) is 18.0 Å². The van der Waals surface area contributed by atoms with Gasteiger partial charge in [-0.1, -0.05) is 6.42 Å². The molecule has 2 atom stereocenters. The van der Waals surface area contributed by atoms with Crippen molar-refractivity contribution in [2.75, 3.05) is 5.32 Å². The Hall–Kier alpha value is -2.45. The number of nitrogens with one attached hydrogen (secondary N) is 1. The zero-order chi connectivity index (χ0) is 17.2. The molecule has 0 unspecified atom stereocenters. The average Bonchev–Trinajstić information content (AvgIpc) is 3.09. The molecule has 0 bridgehead atoms. The van der Waals surface area contributed by atoms with Crippen molar-refractivity contribution >= 4 is 11.6 Å². The molecule has 0 aromatic carbocycles. The van der Waals surface area contributed by atoms with Crippen molar-refractivity contribution in [3.63, 3.8) is 0 Å². The van der Waals surface area contributed by atoms with Gasteiger partial charge in [0.05, 0.1) is 17.8 Å². The van der Waals surface area contributed by atoms with Crippen molar-refractivity contribution in [2.24, 2.45) is 11.8 Å². The van der Waals surface area contributed by atoms with Crippen molar-refractivity contribution in [1.82, 2.24) is 19.7 Å². The van der Waals surface area contributed by atoms with Crippen LogP contribution in [0.1, 0.15) is 25.7 Å². The lowest BCUT2D eigenvalue weighted by molar-refractivity contribution is -0.185. The molecule has 9 heteroatoms. The molecule has 0 spiro atoms. The first-order valence-electron chi connectivity index (χ1n) is 7.62. The second kappa shape index (κ2) is 6.58. The zero-order valence-corrected chi connectivity index (χ0v) is 12.7. The Morgan fingerprint density at radius 3 is 2.75 bits per heavy atom. The number of amides is 1. The number of carbonyl (C=O) groups is 1. The quantitative estimate of drug-likeness (QED) is 0.933. The molecule has 128 valence electrons. The van der Waals surface area contributed by atoms with Gasteiger partial charge in [-0.3, -0.25) is 4.79 Å². The van der Waals surface area contributed by atoms with Gasteiger partial charge in [0.15, 0.2) is 5.82 Å². The lowest BCUT2D eigenvalue weighted by Crippen LogP contribution is -2.34. The fourth-order valence-corrected chi connectivity index (χ4v) is 2.89. The van der Waals surface area contributed by atoms with E-state index < -0.39 is 18.0 Å². The van der Waals surface area contributed by atoms with Crippen LogP contribution in [0.4, 0.5) is 18.9 Å². The summed E-state index contributed by atoms with van der Waals surface area (Å²) < 4.78 is 39.9. The maximum Gasteiger partial charge on any atom is 0.391 e. The van der Waals surface area contributed by atoms with Crippen molar-refractivity contribution in [2.45, 2.75) is 31.9 Å². The van der Waals surface area contributed by atoms with Crippen LogP contribution in [0.5, 0.6) is 0 Å². The first kappa shape index (κ1) is 16.4. The van der Waals surface area contributed by atoms with Crippen LogP contribution in [0.2, 0.25) is 0 Å². The number of hydrogen-bond acceptors (Lipinski definition) is 4. The van der Waals surface area contributed by atoms with Crippen LogP contribution in [0, 0.1) is 11.8 Å². The highest BCUT2D eigenvalue weighted by Gasteiger charge is 2.43. The number of hydrogen-bond donors (Lipinski definition) is 1. The van der Waals surface area contributed by atoms with E-state index in [2.05, 4.69) is 20.4 Å². The molecule has 0 aliphatic heterocycles. The number of rotatable bonds is 3. The van der Waals surface area contributed by atoms with E-state index in [4.69, 9.17) is 0 Å². The molecular weight excluding hydrogens is 323 g/mol. The minimum atomic E-state index is -4.24. The van der Waals surface area contributed by atoms with Crippen molar-refractivity contribution in [3.8, 4) is 5.82 Å². The molecule has 1 aliphatic carbocycles. The van der Waals surface area contributed by atoms with Gasteiger partial charge in [-0.25, -0.2) is 14.6 Å². The van der Waals surface area contributed by atoms with E-state index in [1.54, 1.807) is 12.1 Å². The van der Waals surface area contributed by atoms with Crippen molar-refractivity contribution < 1.29 is 18.0 Å². The third kappa shape index (κ3) is 3.72. The molecular formula is C15H16F3N5O. The van der Waals surface area contributed by atoms with Crippen LogP contribution >= 0.6 is 0 Å². The zero-order valence-electron chi connectivity index (χ0n) is 12.7. The van der Waals surface area contributed by atoms with E-state index >= 15 is 0 Å². The van der Waals surface area contributed by atoms with Crippen LogP contribution in [-0.4, -0.2) is 31.8 Å². The summed E-state index contributed by atoms with van der Waals surface area (Å²) in [6, 6.07) is 3.27. The van der Waals surface area contributed by atoms with Gasteiger partial charge in [0.2, 0.25) is 5.91 Å². The number of halogens is 3. The summed E-state index contributed by atoms with van der Waals surface area (Å²) >= 11 is 0. The Kier molecular flexibility index (Phi) is 4.50. The van der Waals surface area contributed by atoms with Crippen LogP contribution in [-0.2, 0) is 4.79 Å². The number of anilines is 1. The summed E-state index contributed by atoms with van der Waals surface area (Å²) in [4.78, 5) is 20.2. The van der Waals surface area contributed by atoms with Gasteiger partial charge in [-0.05, 0) is 31.4 Å². The topological polar surface area (TPSA) is 72.7 Å². The van der Waals surface area contributed by atoms with E-state index in [-0.39, 0.29) is 18.7 Å². The Labute approximate surface area is 136 Å². The number of nitrogens with zero attached hydrogens (tertiary/aromatic N) is 4. The van der Waals surface area contributed by atoms with Crippen molar-refractivity contribution in [1.29, 1.82) is 0 Å². The fraction of sp³-hybridized carbons (Fsp3) is 0.467. The maximum absolute atomic E-state index is 12.8. The minimum Gasteiger partial charge on any atom is -0.324 e. The highest BCUT2D eigenvalue weighted by molar-refractivity contribution is 5.92. The molecule has 24 heavy (non-hydrogen) atoms. The first-order valence-corrected chi connectivity index (χ1v) is 7.62. The van der Waals surface area contributed by atoms with Gasteiger partial charge in [-0.2, -0.15) is 18.3 Å². The lowest BCUT2D eigenvalue weighted by Gasteiger charge is -2.29. The van der Waals surface area contributed by atoms with Gasteiger partial charge >= 0.3 is 6.18 Å².